The van der Waals surface area contributed by atoms with Crippen molar-refractivity contribution in [1.82, 2.24) is 0 Å². The molecule has 26 heavy (non-hydrogen) atoms. The van der Waals surface area contributed by atoms with Gasteiger partial charge in [-0.1, -0.05) is 68.5 Å². The summed E-state index contributed by atoms with van der Waals surface area (Å²) < 4.78 is 0. The molecule has 0 aromatic rings. The maximum absolute atomic E-state index is 3.30. The first-order valence-electron chi connectivity index (χ1n) is 8.72. The van der Waals surface area contributed by atoms with Crippen LogP contribution in [0.4, 0.5) is 0 Å². The average molecular weight is 579 g/mol. The summed E-state index contributed by atoms with van der Waals surface area (Å²) in [6.45, 7) is 22.1. The molecule has 1 radical (unpaired) electrons. The zero-order valence-corrected chi connectivity index (χ0v) is 24.7. The van der Waals surface area contributed by atoms with Gasteiger partial charge < -0.3 is 24.8 Å². The number of hydrogen-bond donors (Lipinski definition) is 0. The van der Waals surface area contributed by atoms with Crippen LogP contribution in [0, 0.1) is 23.0 Å². The summed E-state index contributed by atoms with van der Waals surface area (Å²) in [6.07, 6.45) is 13.2. The molecule has 0 aromatic heterocycles. The van der Waals surface area contributed by atoms with E-state index in [2.05, 4.69) is 92.8 Å². The maximum atomic E-state index is 3.30. The van der Waals surface area contributed by atoms with Gasteiger partial charge in [0.1, 0.15) is 0 Å². The molecule has 0 atom stereocenters. The fourth-order valence-corrected chi connectivity index (χ4v) is 2.16. The fraction of sp³-hybridized carbons (Fsp3) is 0.636. The Morgan fingerprint density at radius 2 is 0.962 bits per heavy atom. The summed E-state index contributed by atoms with van der Waals surface area (Å²) >= 11 is 0. The van der Waals surface area contributed by atoms with Crippen molar-refractivity contribution < 1.29 is 50.7 Å². The minimum Gasteiger partial charge on any atom is -1.00 e. The van der Waals surface area contributed by atoms with Gasteiger partial charge in [-0.2, -0.15) is 11.1 Å². The Bertz CT molecular complexity index is 455. The van der Waals surface area contributed by atoms with Crippen molar-refractivity contribution in [3.8, 4) is 0 Å². The predicted octanol–water partition coefficient (Wildman–Crippen LogP) is 0.749. The average Bonchev–Trinajstić information content (AvgIpc) is 2.98. The molecule has 0 N–H and O–H groups in total. The van der Waals surface area contributed by atoms with Crippen molar-refractivity contribution in [2.45, 2.75) is 81.3 Å². The molecule has 0 nitrogen and oxygen atoms in total. The molecule has 4 heteroatoms. The van der Waals surface area contributed by atoms with Crippen LogP contribution in [0.25, 0.3) is 0 Å². The third kappa shape index (κ3) is 14.7. The van der Waals surface area contributed by atoms with Crippen LogP contribution in [-0.4, -0.2) is 9.52 Å². The van der Waals surface area contributed by atoms with E-state index < -0.39 is 0 Å². The predicted molar refractivity (Wildman–Crippen MR) is 108 cm³/mol. The van der Waals surface area contributed by atoms with E-state index in [4.69, 9.17) is 0 Å². The summed E-state index contributed by atoms with van der Waals surface area (Å²) in [5, 5.41) is 0. The first kappa shape index (κ1) is 34.2. The van der Waals surface area contributed by atoms with E-state index in [0.717, 1.165) is 22.4 Å². The molecule has 2 rings (SSSR count). The normalized spacial score (nSPS) is 15.2. The van der Waals surface area contributed by atoms with Crippen molar-refractivity contribution in [2.75, 3.05) is 0 Å². The molecule has 0 saturated carbocycles. The first-order chi connectivity index (χ1) is 10.4. The van der Waals surface area contributed by atoms with Gasteiger partial charge in [-0.05, 0) is 10.8 Å². The van der Waals surface area contributed by atoms with Gasteiger partial charge >= 0.3 is 25.8 Å². The van der Waals surface area contributed by atoms with Crippen LogP contribution < -0.4 is 24.8 Å². The zero-order chi connectivity index (χ0) is 18.3. The van der Waals surface area contributed by atoms with Crippen molar-refractivity contribution in [3.63, 3.8) is 0 Å². The van der Waals surface area contributed by atoms with Crippen molar-refractivity contribution >= 4 is 9.52 Å². The van der Waals surface area contributed by atoms with E-state index in [1.165, 1.54) is 22.3 Å². The molecule has 0 amide bonds. The quantitative estimate of drug-likeness (QED) is 0.294. The van der Waals surface area contributed by atoms with Crippen LogP contribution in [0.2, 0.25) is 13.1 Å². The number of hydrogen-bond acceptors (Lipinski definition) is 0. The summed E-state index contributed by atoms with van der Waals surface area (Å²) in [6, 6.07) is 0. The molecule has 147 valence electrons. The Morgan fingerprint density at radius 1 is 0.731 bits per heavy atom. The zero-order valence-electron chi connectivity index (χ0n) is 18.4. The van der Waals surface area contributed by atoms with Crippen molar-refractivity contribution in [1.29, 1.82) is 0 Å². The van der Waals surface area contributed by atoms with Crippen molar-refractivity contribution in [2.24, 2.45) is 10.8 Å². The number of halogens is 2. The van der Waals surface area contributed by atoms with Crippen LogP contribution in [0.15, 0.2) is 34.4 Å². The third-order valence-corrected chi connectivity index (χ3v) is 3.82. The van der Waals surface area contributed by atoms with Crippen LogP contribution in [0.5, 0.6) is 0 Å². The molecule has 0 heterocycles. The second kappa shape index (κ2) is 15.5. The Balaban J connectivity index is -0.000000147. The summed E-state index contributed by atoms with van der Waals surface area (Å²) in [5.74, 6) is 0. The molecule has 0 saturated heterocycles. The molecule has 0 spiro atoms. The van der Waals surface area contributed by atoms with Gasteiger partial charge in [0.05, 0.1) is 0 Å². The monoisotopic (exact) mass is 579 g/mol. The van der Waals surface area contributed by atoms with Gasteiger partial charge in [-0.3, -0.25) is 12.2 Å². The Kier molecular flexibility index (Phi) is 20.4. The largest absolute Gasteiger partial charge is 4.00 e. The molecule has 0 unspecified atom stereocenters. The van der Waals surface area contributed by atoms with Gasteiger partial charge in [0.25, 0.3) is 0 Å². The van der Waals surface area contributed by atoms with Crippen LogP contribution in [-0.2, 0) is 25.8 Å². The number of allylic oxidation sites excluding steroid dienone is 8. The van der Waals surface area contributed by atoms with Crippen LogP contribution >= 0.6 is 0 Å². The minimum atomic E-state index is 0. The molecular formula is C22H37Cl2HfSi. The van der Waals surface area contributed by atoms with E-state index in [1.54, 1.807) is 0 Å². The molecule has 2 aliphatic carbocycles. The van der Waals surface area contributed by atoms with Gasteiger partial charge in [-0.25, -0.2) is 23.3 Å². The molecule has 0 aliphatic heterocycles. The van der Waals surface area contributed by atoms with Gasteiger partial charge in [0.2, 0.25) is 0 Å². The van der Waals surface area contributed by atoms with E-state index in [0.29, 0.717) is 10.8 Å². The standard InChI is InChI=1S/2C10H15.C2H7Si.2ClH.Hf/c2*1-8-5-6-9(7-8)10(2,3)4;1-3-2;;;/h2*7H,6H2,1-4H3;3H,1-2H3;2*1H;/q2*-1;;;;+4/p-2. The van der Waals surface area contributed by atoms with Gasteiger partial charge in [0, 0.05) is 9.52 Å². The van der Waals surface area contributed by atoms with Crippen LogP contribution in [0.1, 0.15) is 68.2 Å². The second-order valence-electron chi connectivity index (χ2n) is 8.49. The summed E-state index contributed by atoms with van der Waals surface area (Å²) in [7, 11) is 0.750. The molecule has 2 aliphatic rings. The maximum Gasteiger partial charge on any atom is 4.00 e. The molecule has 0 bridgehead atoms. The SMILES string of the molecule is CC1=[C-]CC(C(C)(C)C)=C1.CC1=[C-]CC(C(C)(C)C)=C1.C[SiH]C.[Cl-].[Cl-].[Hf+4]. The molecule has 0 aromatic carbocycles. The summed E-state index contributed by atoms with van der Waals surface area (Å²) in [4.78, 5) is 0. The summed E-state index contributed by atoms with van der Waals surface area (Å²) in [5.41, 5.74) is 6.28. The minimum absolute atomic E-state index is 0. The van der Waals surface area contributed by atoms with E-state index in [1.807, 2.05) is 0 Å². The van der Waals surface area contributed by atoms with Gasteiger partial charge in [0.15, 0.2) is 0 Å². The molecular weight excluding hydrogens is 542 g/mol. The smallest absolute Gasteiger partial charge is 1.00 e. The van der Waals surface area contributed by atoms with Crippen LogP contribution in [0.3, 0.4) is 0 Å². The van der Waals surface area contributed by atoms with E-state index in [9.17, 15) is 0 Å². The Hall–Kier alpha value is 0.627. The number of rotatable bonds is 0. The van der Waals surface area contributed by atoms with E-state index in [-0.39, 0.29) is 50.7 Å². The van der Waals surface area contributed by atoms with E-state index >= 15 is 0 Å². The Morgan fingerprint density at radius 3 is 1.04 bits per heavy atom. The third-order valence-electron chi connectivity index (χ3n) is 3.82. The van der Waals surface area contributed by atoms with Crippen molar-refractivity contribution in [3.05, 3.63) is 46.6 Å². The van der Waals surface area contributed by atoms with Gasteiger partial charge in [-0.15, -0.1) is 12.8 Å². The first-order valence-corrected chi connectivity index (χ1v) is 11.0. The second-order valence-corrected chi connectivity index (χ2v) is 9.64. The fourth-order valence-electron chi connectivity index (χ4n) is 2.16. The Labute approximate surface area is 197 Å². The molecule has 0 fully saturated rings. The topological polar surface area (TPSA) is 0 Å².